The molecule has 0 spiro atoms. The summed E-state index contributed by atoms with van der Waals surface area (Å²) in [6, 6.07) is 0.619. The molecule has 1 aliphatic carbocycles. The van der Waals surface area contributed by atoms with E-state index in [-0.39, 0.29) is 35.8 Å². The molecule has 1 N–H and O–H groups in total. The van der Waals surface area contributed by atoms with Gasteiger partial charge in [-0.05, 0) is 32.6 Å². The van der Waals surface area contributed by atoms with Gasteiger partial charge in [0.1, 0.15) is 0 Å². The van der Waals surface area contributed by atoms with Gasteiger partial charge in [-0.25, -0.2) is 4.98 Å². The van der Waals surface area contributed by atoms with Crippen LogP contribution in [0, 0.1) is 11.8 Å². The number of aryl methyl sites for hydroxylation is 1. The van der Waals surface area contributed by atoms with Gasteiger partial charge in [-0.1, -0.05) is 0 Å². The number of hydrogen-bond donors (Lipinski definition) is 1. The lowest BCUT2D eigenvalue weighted by molar-refractivity contribution is -0.133. The minimum absolute atomic E-state index is 0.113. The zero-order chi connectivity index (χ0) is 21.3. The number of nitrogens with one attached hydrogen (secondary N) is 1. The van der Waals surface area contributed by atoms with E-state index in [0.717, 1.165) is 44.7 Å². The first-order valence-electron chi connectivity index (χ1n) is 11.4. The van der Waals surface area contributed by atoms with Crippen LogP contribution in [0.15, 0.2) is 12.5 Å². The number of imidazole rings is 1. The maximum atomic E-state index is 12.8. The minimum atomic E-state index is -0.113. The van der Waals surface area contributed by atoms with E-state index in [0.29, 0.717) is 25.5 Å². The molecule has 3 fully saturated rings. The van der Waals surface area contributed by atoms with Gasteiger partial charge in [0.2, 0.25) is 11.8 Å². The van der Waals surface area contributed by atoms with Crippen LogP contribution in [-0.2, 0) is 27.9 Å². The van der Waals surface area contributed by atoms with Crippen molar-refractivity contribution in [3.05, 3.63) is 18.2 Å². The summed E-state index contributed by atoms with van der Waals surface area (Å²) < 4.78 is 8.21. The summed E-state index contributed by atoms with van der Waals surface area (Å²) in [6.07, 6.45) is 6.72. The Kier molecular flexibility index (Phi) is 6.43. The second-order valence-electron chi connectivity index (χ2n) is 9.02. The number of carbonyl (C=O) groups is 2. The van der Waals surface area contributed by atoms with Crippen LogP contribution in [0.3, 0.4) is 0 Å². The van der Waals surface area contributed by atoms with Crippen LogP contribution in [-0.4, -0.2) is 75.6 Å². The molecular weight excluding hydrogens is 382 g/mol. The Bertz CT molecular complexity index is 758. The lowest BCUT2D eigenvalue weighted by Crippen LogP contribution is -2.37. The molecule has 3 heterocycles. The molecular formula is C22H35N5O3. The van der Waals surface area contributed by atoms with E-state index in [2.05, 4.69) is 15.2 Å². The standard InChI is InChI=1S/C22H35N5O3/c1-4-26(5-2)21(29)9-19-22-15(8-20(28)24-16-6-7-16)11-27(18(22)13-30-19)12-17-10-23-14-25(17)3/h10,14-16,18-19,22H,4-9,11-13H2,1-3H3,(H,24,28)/t15-,18-,19+,22-/m1/s1. The Hall–Kier alpha value is -1.93. The van der Waals surface area contributed by atoms with Crippen molar-refractivity contribution in [2.45, 2.75) is 64.3 Å². The highest BCUT2D eigenvalue weighted by atomic mass is 16.5. The summed E-state index contributed by atoms with van der Waals surface area (Å²) in [5.41, 5.74) is 1.15. The van der Waals surface area contributed by atoms with Crippen LogP contribution in [0.1, 0.15) is 45.2 Å². The minimum Gasteiger partial charge on any atom is -0.376 e. The Morgan fingerprint density at radius 2 is 2.03 bits per heavy atom. The molecule has 2 amide bonds. The SMILES string of the molecule is CCN(CC)C(=O)C[C@@H]1OC[C@@H]2[C@H]1[C@H](CC(=O)NC1CC1)CN2Cc1cncn1C. The highest BCUT2D eigenvalue weighted by Crippen LogP contribution is 2.42. The van der Waals surface area contributed by atoms with Gasteiger partial charge >= 0.3 is 0 Å². The van der Waals surface area contributed by atoms with Gasteiger partial charge in [0.15, 0.2) is 0 Å². The van der Waals surface area contributed by atoms with E-state index >= 15 is 0 Å². The van der Waals surface area contributed by atoms with Crippen LogP contribution in [0.2, 0.25) is 0 Å². The van der Waals surface area contributed by atoms with Gasteiger partial charge in [-0.3, -0.25) is 14.5 Å². The molecule has 1 aromatic rings. The van der Waals surface area contributed by atoms with Crippen molar-refractivity contribution in [3.8, 4) is 0 Å². The molecule has 166 valence electrons. The Morgan fingerprint density at radius 1 is 1.27 bits per heavy atom. The number of nitrogens with zero attached hydrogens (tertiary/aromatic N) is 4. The molecule has 8 nitrogen and oxygen atoms in total. The second kappa shape index (κ2) is 9.06. The first-order chi connectivity index (χ1) is 14.5. The number of rotatable bonds is 9. The highest BCUT2D eigenvalue weighted by Gasteiger charge is 2.51. The average Bonchev–Trinajstić information content (AvgIpc) is 3.13. The van der Waals surface area contributed by atoms with Gasteiger partial charge in [0.05, 0.1) is 31.2 Å². The molecule has 4 atom stereocenters. The summed E-state index contributed by atoms with van der Waals surface area (Å²) >= 11 is 0. The van der Waals surface area contributed by atoms with Crippen molar-refractivity contribution >= 4 is 11.8 Å². The lowest BCUT2D eigenvalue weighted by Gasteiger charge is -2.26. The number of carbonyl (C=O) groups excluding carboxylic acids is 2. The fraction of sp³-hybridized carbons (Fsp3) is 0.773. The molecule has 0 unspecified atom stereocenters. The Morgan fingerprint density at radius 3 is 2.67 bits per heavy atom. The molecule has 8 heteroatoms. The van der Waals surface area contributed by atoms with E-state index < -0.39 is 0 Å². The van der Waals surface area contributed by atoms with Crippen LogP contribution in [0.5, 0.6) is 0 Å². The predicted molar refractivity (Wildman–Crippen MR) is 112 cm³/mol. The monoisotopic (exact) mass is 417 g/mol. The van der Waals surface area contributed by atoms with Crippen LogP contribution in [0.4, 0.5) is 0 Å². The van der Waals surface area contributed by atoms with Gasteiger partial charge in [-0.15, -0.1) is 0 Å². The summed E-state index contributed by atoms with van der Waals surface area (Å²) in [6.45, 7) is 7.73. The van der Waals surface area contributed by atoms with E-state index in [9.17, 15) is 9.59 Å². The van der Waals surface area contributed by atoms with Crippen molar-refractivity contribution in [1.29, 1.82) is 0 Å². The van der Waals surface area contributed by atoms with E-state index in [1.165, 1.54) is 0 Å². The maximum Gasteiger partial charge on any atom is 0.225 e. The highest BCUT2D eigenvalue weighted by molar-refractivity contribution is 5.77. The van der Waals surface area contributed by atoms with Gasteiger partial charge in [-0.2, -0.15) is 0 Å². The quantitative estimate of drug-likeness (QED) is 0.652. The summed E-state index contributed by atoms with van der Waals surface area (Å²) in [5.74, 6) is 0.711. The van der Waals surface area contributed by atoms with Crippen LogP contribution < -0.4 is 5.32 Å². The third-order valence-electron chi connectivity index (χ3n) is 7.00. The summed E-state index contributed by atoms with van der Waals surface area (Å²) in [7, 11) is 2.01. The number of aromatic nitrogens is 2. The largest absolute Gasteiger partial charge is 0.376 e. The molecule has 1 aromatic heterocycles. The molecule has 0 aromatic carbocycles. The van der Waals surface area contributed by atoms with Gasteiger partial charge in [0, 0.05) is 63.8 Å². The van der Waals surface area contributed by atoms with Gasteiger partial charge < -0.3 is 19.5 Å². The fourth-order valence-electron chi connectivity index (χ4n) is 5.17. The fourth-order valence-corrected chi connectivity index (χ4v) is 5.17. The van der Waals surface area contributed by atoms with Crippen molar-refractivity contribution in [1.82, 2.24) is 24.7 Å². The van der Waals surface area contributed by atoms with Gasteiger partial charge in [0.25, 0.3) is 0 Å². The second-order valence-corrected chi connectivity index (χ2v) is 9.02. The van der Waals surface area contributed by atoms with Crippen molar-refractivity contribution in [3.63, 3.8) is 0 Å². The third kappa shape index (κ3) is 4.54. The molecule has 3 aliphatic rings. The topological polar surface area (TPSA) is 79.7 Å². The molecule has 4 rings (SSSR count). The van der Waals surface area contributed by atoms with Crippen LogP contribution in [0.25, 0.3) is 0 Å². The summed E-state index contributed by atoms with van der Waals surface area (Å²) in [5, 5.41) is 3.13. The van der Waals surface area contributed by atoms with E-state index in [1.54, 1.807) is 0 Å². The number of hydrogen-bond acceptors (Lipinski definition) is 5. The third-order valence-corrected chi connectivity index (χ3v) is 7.00. The van der Waals surface area contributed by atoms with Crippen molar-refractivity contribution in [2.75, 3.05) is 26.2 Å². The molecule has 0 bridgehead atoms. The number of fused-ring (bicyclic) bond motifs is 1. The van der Waals surface area contributed by atoms with E-state index in [1.807, 2.05) is 42.9 Å². The Labute approximate surface area is 178 Å². The van der Waals surface area contributed by atoms with E-state index in [4.69, 9.17) is 4.74 Å². The molecule has 0 radical (unpaired) electrons. The zero-order valence-electron chi connectivity index (χ0n) is 18.4. The lowest BCUT2D eigenvalue weighted by atomic mass is 9.84. The number of likely N-dealkylation sites (tertiary alicyclic amines) is 1. The number of ether oxygens (including phenoxy) is 1. The average molecular weight is 418 g/mol. The molecule has 2 aliphatic heterocycles. The van der Waals surface area contributed by atoms with Crippen molar-refractivity contribution in [2.24, 2.45) is 18.9 Å². The number of amides is 2. The Balaban J connectivity index is 1.47. The first-order valence-corrected chi connectivity index (χ1v) is 11.4. The molecule has 1 saturated carbocycles. The predicted octanol–water partition coefficient (Wildman–Crippen LogP) is 1.16. The zero-order valence-corrected chi connectivity index (χ0v) is 18.4. The first kappa shape index (κ1) is 21.3. The van der Waals surface area contributed by atoms with Crippen molar-refractivity contribution < 1.29 is 14.3 Å². The van der Waals surface area contributed by atoms with Crippen LogP contribution >= 0.6 is 0 Å². The molecule has 30 heavy (non-hydrogen) atoms. The normalized spacial score (nSPS) is 28.5. The summed E-state index contributed by atoms with van der Waals surface area (Å²) in [4.78, 5) is 33.9. The maximum absolute atomic E-state index is 12.8. The smallest absolute Gasteiger partial charge is 0.225 e. The molecule has 2 saturated heterocycles.